The zero-order valence-corrected chi connectivity index (χ0v) is 10.6. The summed E-state index contributed by atoms with van der Waals surface area (Å²) in [4.78, 5) is 0. The Hall–Kier alpha value is 0.350. The first kappa shape index (κ1) is 10.5. The normalized spacial score (nSPS) is 47.4. The third-order valence-corrected chi connectivity index (χ3v) is 6.12. The van der Waals surface area contributed by atoms with Crippen LogP contribution in [0, 0.1) is 23.2 Å². The Morgan fingerprint density at radius 2 is 2.07 bits per heavy atom. The highest BCUT2D eigenvalue weighted by atomic mass is 32.1. The van der Waals surface area contributed by atoms with E-state index in [1.165, 1.54) is 12.8 Å². The Morgan fingerprint density at radius 1 is 1.13 bits per heavy atom. The van der Waals surface area contributed by atoms with E-state index in [9.17, 15) is 0 Å². The smallest absolute Gasteiger partial charge is 0.00979 e. The van der Waals surface area contributed by atoms with Gasteiger partial charge in [0.2, 0.25) is 0 Å². The molecular formula is C14H24S. The maximum atomic E-state index is 4.35. The summed E-state index contributed by atoms with van der Waals surface area (Å²) in [7, 11) is 0. The first-order chi connectivity index (χ1) is 7.37. The standard InChI is InChI=1S/C14H24S/c15-9-2-1-7-14-8-3-4-13(14)11-5-6-12(14)10-11/h11-13,15H,1-10H2. The van der Waals surface area contributed by atoms with Crippen molar-refractivity contribution in [1.82, 2.24) is 0 Å². The van der Waals surface area contributed by atoms with Crippen LogP contribution in [0.25, 0.3) is 0 Å². The Bertz CT molecular complexity index is 237. The predicted octanol–water partition coefficient (Wildman–Crippen LogP) is 4.30. The zero-order chi connectivity index (χ0) is 10.3. The van der Waals surface area contributed by atoms with E-state index in [1.54, 1.807) is 44.9 Å². The second-order valence-corrected chi connectivity index (χ2v) is 6.63. The molecule has 3 aliphatic carbocycles. The molecule has 2 bridgehead atoms. The Balaban J connectivity index is 1.71. The predicted molar refractivity (Wildman–Crippen MR) is 68.3 cm³/mol. The number of unbranched alkanes of at least 4 members (excludes halogenated alkanes) is 1. The first-order valence-electron chi connectivity index (χ1n) is 6.98. The van der Waals surface area contributed by atoms with Crippen molar-refractivity contribution in [3.8, 4) is 0 Å². The largest absolute Gasteiger partial charge is 0.179 e. The van der Waals surface area contributed by atoms with Crippen molar-refractivity contribution in [2.75, 3.05) is 5.75 Å². The SMILES string of the molecule is SCCCCC12CCCC1C1CCC2C1. The minimum Gasteiger partial charge on any atom is -0.179 e. The van der Waals surface area contributed by atoms with Gasteiger partial charge in [0.25, 0.3) is 0 Å². The number of hydrogen-bond donors (Lipinski definition) is 1. The highest BCUT2D eigenvalue weighted by Gasteiger charge is 2.58. The molecule has 15 heavy (non-hydrogen) atoms. The maximum Gasteiger partial charge on any atom is -0.00979 e. The number of fused-ring (bicyclic) bond motifs is 5. The van der Waals surface area contributed by atoms with Crippen LogP contribution in [0.2, 0.25) is 0 Å². The molecule has 3 fully saturated rings. The second kappa shape index (κ2) is 3.98. The molecule has 1 heteroatoms. The molecule has 0 radical (unpaired) electrons. The highest BCUT2D eigenvalue weighted by Crippen LogP contribution is 2.68. The van der Waals surface area contributed by atoms with E-state index in [-0.39, 0.29) is 0 Å². The van der Waals surface area contributed by atoms with Gasteiger partial charge >= 0.3 is 0 Å². The lowest BCUT2D eigenvalue weighted by atomic mass is 9.65. The Kier molecular flexibility index (Phi) is 2.79. The number of thiol groups is 1. The van der Waals surface area contributed by atoms with Gasteiger partial charge in [0.1, 0.15) is 0 Å². The van der Waals surface area contributed by atoms with Crippen LogP contribution >= 0.6 is 12.6 Å². The van der Waals surface area contributed by atoms with E-state index in [0.29, 0.717) is 0 Å². The fourth-order valence-corrected chi connectivity index (χ4v) is 5.54. The molecule has 0 heterocycles. The first-order valence-corrected chi connectivity index (χ1v) is 7.61. The van der Waals surface area contributed by atoms with Crippen molar-refractivity contribution in [2.24, 2.45) is 23.2 Å². The van der Waals surface area contributed by atoms with Gasteiger partial charge in [0.15, 0.2) is 0 Å². The summed E-state index contributed by atoms with van der Waals surface area (Å²) >= 11 is 4.35. The van der Waals surface area contributed by atoms with Crippen molar-refractivity contribution >= 4 is 12.6 Å². The fraction of sp³-hybridized carbons (Fsp3) is 1.00. The van der Waals surface area contributed by atoms with Crippen molar-refractivity contribution in [3.05, 3.63) is 0 Å². The van der Waals surface area contributed by atoms with Gasteiger partial charge in [0, 0.05) is 0 Å². The van der Waals surface area contributed by atoms with E-state index in [1.807, 2.05) is 0 Å². The van der Waals surface area contributed by atoms with Crippen molar-refractivity contribution in [1.29, 1.82) is 0 Å². The summed E-state index contributed by atoms with van der Waals surface area (Å²) in [5.74, 6) is 4.52. The molecule has 86 valence electrons. The third-order valence-electron chi connectivity index (χ3n) is 5.80. The van der Waals surface area contributed by atoms with Crippen LogP contribution in [0.15, 0.2) is 0 Å². The average Bonchev–Trinajstić information content (AvgIpc) is 2.89. The molecule has 0 saturated heterocycles. The van der Waals surface area contributed by atoms with E-state index < -0.39 is 0 Å². The third kappa shape index (κ3) is 1.49. The lowest BCUT2D eigenvalue weighted by molar-refractivity contribution is 0.0961. The molecule has 3 aliphatic rings. The van der Waals surface area contributed by atoms with E-state index in [2.05, 4.69) is 12.6 Å². The average molecular weight is 224 g/mol. The molecule has 4 unspecified atom stereocenters. The minimum absolute atomic E-state index is 0.839. The van der Waals surface area contributed by atoms with Gasteiger partial charge in [-0.05, 0) is 73.9 Å². The molecule has 3 saturated carbocycles. The zero-order valence-electron chi connectivity index (χ0n) is 9.75. The number of rotatable bonds is 4. The van der Waals surface area contributed by atoms with Gasteiger partial charge in [-0.25, -0.2) is 0 Å². The molecule has 0 N–H and O–H groups in total. The summed E-state index contributed by atoms with van der Waals surface area (Å²) in [5.41, 5.74) is 0.839. The van der Waals surface area contributed by atoms with Gasteiger partial charge < -0.3 is 0 Å². The molecule has 0 aromatic heterocycles. The summed E-state index contributed by atoms with van der Waals surface area (Å²) < 4.78 is 0. The summed E-state index contributed by atoms with van der Waals surface area (Å²) in [5, 5.41) is 0. The Morgan fingerprint density at radius 3 is 2.93 bits per heavy atom. The van der Waals surface area contributed by atoms with Crippen LogP contribution < -0.4 is 0 Å². The highest BCUT2D eigenvalue weighted by molar-refractivity contribution is 7.80. The van der Waals surface area contributed by atoms with Crippen LogP contribution in [-0.4, -0.2) is 5.75 Å². The maximum absolute atomic E-state index is 4.35. The van der Waals surface area contributed by atoms with Crippen LogP contribution in [0.5, 0.6) is 0 Å². The van der Waals surface area contributed by atoms with Gasteiger partial charge in [0.05, 0.1) is 0 Å². The van der Waals surface area contributed by atoms with Crippen molar-refractivity contribution < 1.29 is 0 Å². The van der Waals surface area contributed by atoms with Crippen LogP contribution in [0.4, 0.5) is 0 Å². The lowest BCUT2D eigenvalue weighted by Gasteiger charge is -2.40. The van der Waals surface area contributed by atoms with Crippen molar-refractivity contribution in [2.45, 2.75) is 57.8 Å². The molecule has 0 spiro atoms. The summed E-state index contributed by atoms with van der Waals surface area (Å²) in [6.07, 6.45) is 13.8. The van der Waals surface area contributed by atoms with Crippen LogP contribution in [0.3, 0.4) is 0 Å². The van der Waals surface area contributed by atoms with Crippen molar-refractivity contribution in [3.63, 3.8) is 0 Å². The van der Waals surface area contributed by atoms with E-state index in [0.717, 1.165) is 28.9 Å². The molecule has 0 aliphatic heterocycles. The summed E-state index contributed by atoms with van der Waals surface area (Å²) in [6, 6.07) is 0. The molecule has 0 aromatic carbocycles. The number of hydrogen-bond acceptors (Lipinski definition) is 1. The molecular weight excluding hydrogens is 200 g/mol. The van der Waals surface area contributed by atoms with Gasteiger partial charge in [-0.15, -0.1) is 0 Å². The minimum atomic E-state index is 0.839. The monoisotopic (exact) mass is 224 g/mol. The lowest BCUT2D eigenvalue weighted by Crippen LogP contribution is -2.32. The Labute approximate surface area is 99.6 Å². The van der Waals surface area contributed by atoms with E-state index in [4.69, 9.17) is 0 Å². The molecule has 3 rings (SSSR count). The quantitative estimate of drug-likeness (QED) is 0.534. The summed E-state index contributed by atoms with van der Waals surface area (Å²) in [6.45, 7) is 0. The molecule has 0 aromatic rings. The van der Waals surface area contributed by atoms with Gasteiger partial charge in [-0.3, -0.25) is 0 Å². The molecule has 4 atom stereocenters. The second-order valence-electron chi connectivity index (χ2n) is 6.18. The van der Waals surface area contributed by atoms with Gasteiger partial charge in [-0.2, -0.15) is 12.6 Å². The fourth-order valence-electron chi connectivity index (χ4n) is 5.32. The van der Waals surface area contributed by atoms with E-state index >= 15 is 0 Å². The van der Waals surface area contributed by atoms with Crippen LogP contribution in [0.1, 0.15) is 57.8 Å². The van der Waals surface area contributed by atoms with Gasteiger partial charge in [-0.1, -0.05) is 12.8 Å². The molecule has 0 nitrogen and oxygen atoms in total. The molecule has 0 amide bonds. The van der Waals surface area contributed by atoms with Crippen LogP contribution in [-0.2, 0) is 0 Å². The topological polar surface area (TPSA) is 0 Å².